The van der Waals surface area contributed by atoms with E-state index in [4.69, 9.17) is 21.1 Å². The molecule has 6 nitrogen and oxygen atoms in total. The lowest BCUT2D eigenvalue weighted by molar-refractivity contribution is -0.116. The molecule has 0 saturated heterocycles. The van der Waals surface area contributed by atoms with Gasteiger partial charge in [-0.05, 0) is 36.8 Å². The first-order chi connectivity index (χ1) is 13.0. The van der Waals surface area contributed by atoms with E-state index in [1.165, 1.54) is 7.11 Å². The second-order valence-electron chi connectivity index (χ2n) is 5.98. The molecule has 2 N–H and O–H groups in total. The molecule has 3 aromatic rings. The average molecular weight is 387 g/mol. The van der Waals surface area contributed by atoms with Gasteiger partial charge in [0.1, 0.15) is 0 Å². The van der Waals surface area contributed by atoms with Crippen LogP contribution in [0.15, 0.2) is 47.3 Å². The molecule has 3 rings (SSSR count). The van der Waals surface area contributed by atoms with Gasteiger partial charge in [-0.25, -0.2) is 0 Å². The van der Waals surface area contributed by atoms with Crippen molar-refractivity contribution in [3.05, 3.63) is 63.4 Å². The van der Waals surface area contributed by atoms with Crippen LogP contribution >= 0.6 is 11.6 Å². The molecule has 1 aromatic heterocycles. The van der Waals surface area contributed by atoms with Crippen LogP contribution in [-0.4, -0.2) is 25.1 Å². The molecular formula is C20H19ClN2O4. The fraction of sp³-hybridized carbons (Fsp3) is 0.200. The van der Waals surface area contributed by atoms with Gasteiger partial charge in [-0.3, -0.25) is 9.59 Å². The molecule has 0 atom stereocenters. The number of carbonyl (C=O) groups excluding carboxylic acids is 1. The largest absolute Gasteiger partial charge is 0.493 e. The second-order valence-corrected chi connectivity index (χ2v) is 6.41. The Morgan fingerprint density at radius 2 is 1.85 bits per heavy atom. The lowest BCUT2D eigenvalue weighted by Crippen LogP contribution is -2.17. The van der Waals surface area contributed by atoms with E-state index < -0.39 is 0 Å². The molecule has 27 heavy (non-hydrogen) atoms. The summed E-state index contributed by atoms with van der Waals surface area (Å²) in [6, 6.07) is 12.2. The van der Waals surface area contributed by atoms with Gasteiger partial charge >= 0.3 is 0 Å². The Morgan fingerprint density at radius 1 is 1.11 bits per heavy atom. The number of rotatable bonds is 6. The molecule has 0 fully saturated rings. The smallest absolute Gasteiger partial charge is 0.251 e. The maximum atomic E-state index is 12.3. The van der Waals surface area contributed by atoms with E-state index in [1.54, 1.807) is 49.6 Å². The Balaban J connectivity index is 1.77. The van der Waals surface area contributed by atoms with Gasteiger partial charge in [0.15, 0.2) is 11.5 Å². The fourth-order valence-corrected chi connectivity index (χ4v) is 2.99. The number of aromatic nitrogens is 1. The fourth-order valence-electron chi connectivity index (χ4n) is 2.80. The van der Waals surface area contributed by atoms with Crippen molar-refractivity contribution >= 4 is 34.1 Å². The number of methoxy groups -OCH3 is 2. The zero-order valence-corrected chi connectivity index (χ0v) is 15.7. The van der Waals surface area contributed by atoms with Crippen molar-refractivity contribution in [2.45, 2.75) is 12.8 Å². The highest BCUT2D eigenvalue weighted by Crippen LogP contribution is 2.31. The molecule has 0 aliphatic carbocycles. The van der Waals surface area contributed by atoms with E-state index >= 15 is 0 Å². The molecule has 0 spiro atoms. The van der Waals surface area contributed by atoms with E-state index in [1.807, 2.05) is 0 Å². The number of benzene rings is 2. The maximum absolute atomic E-state index is 12.3. The van der Waals surface area contributed by atoms with Crippen LogP contribution in [0.1, 0.15) is 12.0 Å². The van der Waals surface area contributed by atoms with Gasteiger partial charge in [-0.15, -0.1) is 0 Å². The summed E-state index contributed by atoms with van der Waals surface area (Å²) in [4.78, 5) is 27.3. The summed E-state index contributed by atoms with van der Waals surface area (Å²) in [5.41, 5.74) is 1.56. The number of nitrogens with one attached hydrogen (secondary N) is 2. The monoisotopic (exact) mass is 386 g/mol. The average Bonchev–Trinajstić information content (AvgIpc) is 2.65. The van der Waals surface area contributed by atoms with Gasteiger partial charge in [0.05, 0.1) is 19.7 Å². The summed E-state index contributed by atoms with van der Waals surface area (Å²) in [5.74, 6) is 0.917. The van der Waals surface area contributed by atoms with Crippen molar-refractivity contribution in [1.29, 1.82) is 0 Å². The van der Waals surface area contributed by atoms with Crippen molar-refractivity contribution in [2.24, 2.45) is 0 Å². The zero-order chi connectivity index (χ0) is 19.4. The molecule has 1 amide bonds. The van der Waals surface area contributed by atoms with Crippen molar-refractivity contribution in [2.75, 3.05) is 19.5 Å². The van der Waals surface area contributed by atoms with Crippen LogP contribution in [0.4, 0.5) is 5.69 Å². The third-order valence-electron chi connectivity index (χ3n) is 4.16. The van der Waals surface area contributed by atoms with Crippen LogP contribution in [-0.2, 0) is 11.2 Å². The van der Waals surface area contributed by atoms with Gasteiger partial charge < -0.3 is 19.8 Å². The number of pyridine rings is 1. The summed E-state index contributed by atoms with van der Waals surface area (Å²) < 4.78 is 10.5. The molecule has 140 valence electrons. The van der Waals surface area contributed by atoms with Crippen LogP contribution in [0.2, 0.25) is 5.02 Å². The summed E-state index contributed by atoms with van der Waals surface area (Å²) in [5, 5.41) is 4.12. The molecule has 0 bridgehead atoms. The van der Waals surface area contributed by atoms with Gasteiger partial charge in [-0.1, -0.05) is 17.7 Å². The summed E-state index contributed by atoms with van der Waals surface area (Å²) in [6.45, 7) is 0. The Bertz CT molecular complexity index is 1050. The minimum absolute atomic E-state index is 0.175. The highest BCUT2D eigenvalue weighted by Gasteiger charge is 2.11. The molecule has 7 heteroatoms. The number of H-pyrrole nitrogens is 1. The minimum Gasteiger partial charge on any atom is -0.493 e. The minimum atomic E-state index is -0.231. The van der Waals surface area contributed by atoms with E-state index in [0.717, 1.165) is 5.39 Å². The Labute approximate surface area is 161 Å². The Morgan fingerprint density at radius 3 is 2.56 bits per heavy atom. The summed E-state index contributed by atoms with van der Waals surface area (Å²) >= 11 is 5.91. The number of halogens is 1. The molecule has 0 radical (unpaired) electrons. The first-order valence-electron chi connectivity index (χ1n) is 8.33. The van der Waals surface area contributed by atoms with Crippen LogP contribution in [0.5, 0.6) is 11.5 Å². The lowest BCUT2D eigenvalue weighted by atomic mass is 10.1. The van der Waals surface area contributed by atoms with Gasteiger partial charge in [0.25, 0.3) is 5.56 Å². The third kappa shape index (κ3) is 4.41. The Hall–Kier alpha value is -2.99. The zero-order valence-electron chi connectivity index (χ0n) is 15.0. The third-order valence-corrected chi connectivity index (χ3v) is 4.39. The predicted octanol–water partition coefficient (Wildman–Crippen LogP) is 3.77. The number of carbonyl (C=O) groups is 1. The van der Waals surface area contributed by atoms with E-state index in [0.29, 0.717) is 39.7 Å². The van der Waals surface area contributed by atoms with Gasteiger partial charge in [-0.2, -0.15) is 0 Å². The summed E-state index contributed by atoms with van der Waals surface area (Å²) in [7, 11) is 3.09. The SMILES string of the molecule is COc1cc2cc(CCC(=O)Nc3cccc(Cl)c3)c(=O)[nH]c2cc1OC. The van der Waals surface area contributed by atoms with Crippen molar-refractivity contribution < 1.29 is 14.3 Å². The molecular weight excluding hydrogens is 368 g/mol. The van der Waals surface area contributed by atoms with Crippen LogP contribution in [0, 0.1) is 0 Å². The van der Waals surface area contributed by atoms with E-state index in [9.17, 15) is 9.59 Å². The van der Waals surface area contributed by atoms with Crippen molar-refractivity contribution in [3.8, 4) is 11.5 Å². The number of amides is 1. The normalized spacial score (nSPS) is 10.6. The summed E-state index contributed by atoms with van der Waals surface area (Å²) in [6.07, 6.45) is 0.487. The number of fused-ring (bicyclic) bond motifs is 1. The Kier molecular flexibility index (Phi) is 5.66. The number of ether oxygens (including phenoxy) is 2. The topological polar surface area (TPSA) is 80.4 Å². The second kappa shape index (κ2) is 8.14. The standard InChI is InChI=1S/C20H19ClN2O4/c1-26-17-9-13-8-12(20(25)23-16(13)11-18(17)27-2)6-7-19(24)22-15-5-3-4-14(21)10-15/h3-5,8-11H,6-7H2,1-2H3,(H,22,24)(H,23,25). The molecule has 1 heterocycles. The molecule has 2 aromatic carbocycles. The number of hydrogen-bond donors (Lipinski definition) is 2. The predicted molar refractivity (Wildman–Crippen MR) is 106 cm³/mol. The number of aromatic amines is 1. The van der Waals surface area contributed by atoms with Gasteiger partial charge in [0, 0.05) is 34.1 Å². The molecule has 0 unspecified atom stereocenters. The van der Waals surface area contributed by atoms with Gasteiger partial charge in [0.2, 0.25) is 5.91 Å². The molecule has 0 aliphatic rings. The van der Waals surface area contributed by atoms with Crippen molar-refractivity contribution in [3.63, 3.8) is 0 Å². The van der Waals surface area contributed by atoms with Crippen molar-refractivity contribution in [1.82, 2.24) is 4.98 Å². The van der Waals surface area contributed by atoms with Crippen LogP contribution in [0.3, 0.4) is 0 Å². The first-order valence-corrected chi connectivity index (χ1v) is 8.71. The van der Waals surface area contributed by atoms with E-state index in [-0.39, 0.29) is 17.9 Å². The van der Waals surface area contributed by atoms with E-state index in [2.05, 4.69) is 10.3 Å². The lowest BCUT2D eigenvalue weighted by Gasteiger charge is -2.10. The quantitative estimate of drug-likeness (QED) is 0.675. The maximum Gasteiger partial charge on any atom is 0.251 e. The highest BCUT2D eigenvalue weighted by atomic mass is 35.5. The first kappa shape index (κ1) is 18.8. The van der Waals surface area contributed by atoms with Crippen LogP contribution in [0.25, 0.3) is 10.9 Å². The number of anilines is 1. The molecule has 0 saturated carbocycles. The highest BCUT2D eigenvalue weighted by molar-refractivity contribution is 6.30. The number of hydrogen-bond acceptors (Lipinski definition) is 4. The molecule has 0 aliphatic heterocycles. The van der Waals surface area contributed by atoms with Crippen LogP contribution < -0.4 is 20.3 Å². The number of aryl methyl sites for hydroxylation is 1.